The van der Waals surface area contributed by atoms with Crippen LogP contribution in [-0.4, -0.2) is 37.1 Å². The highest BCUT2D eigenvalue weighted by atomic mass is 79.9. The minimum absolute atomic E-state index is 0.0300. The van der Waals surface area contributed by atoms with Crippen molar-refractivity contribution in [3.63, 3.8) is 0 Å². The Morgan fingerprint density at radius 2 is 1.79 bits per heavy atom. The number of amides is 1. The molecule has 2 aromatic carbocycles. The highest BCUT2D eigenvalue weighted by molar-refractivity contribution is 9.10. The van der Waals surface area contributed by atoms with Gasteiger partial charge in [-0.25, -0.2) is 0 Å². The van der Waals surface area contributed by atoms with Crippen LogP contribution in [-0.2, 0) is 4.79 Å². The van der Waals surface area contributed by atoms with E-state index in [4.69, 9.17) is 9.47 Å². The molecule has 0 saturated carbocycles. The minimum atomic E-state index is -0.278. The number of likely N-dealkylation sites (tertiary alicyclic amines) is 1. The van der Waals surface area contributed by atoms with Crippen molar-refractivity contribution in [3.05, 3.63) is 58.1 Å². The van der Waals surface area contributed by atoms with Crippen LogP contribution in [0.4, 0.5) is 0 Å². The first kappa shape index (κ1) is 19.3. The van der Waals surface area contributed by atoms with Gasteiger partial charge >= 0.3 is 0 Å². The molecule has 2 atom stereocenters. The van der Waals surface area contributed by atoms with E-state index in [9.17, 15) is 4.79 Å². The zero-order chi connectivity index (χ0) is 19.5. The second-order valence-electron chi connectivity index (χ2n) is 7.33. The van der Waals surface area contributed by atoms with E-state index in [1.54, 1.807) is 0 Å². The van der Waals surface area contributed by atoms with Crippen molar-refractivity contribution in [3.8, 4) is 11.5 Å². The van der Waals surface area contributed by atoms with Crippen molar-refractivity contribution in [2.75, 3.05) is 26.3 Å². The van der Waals surface area contributed by atoms with Crippen molar-refractivity contribution >= 4 is 21.8 Å². The zero-order valence-electron chi connectivity index (χ0n) is 16.0. The smallest absolute Gasteiger partial charge is 0.242 e. The number of carbonyl (C=O) groups is 1. The van der Waals surface area contributed by atoms with E-state index < -0.39 is 0 Å². The van der Waals surface area contributed by atoms with Crippen LogP contribution < -0.4 is 14.8 Å². The van der Waals surface area contributed by atoms with Gasteiger partial charge in [-0.05, 0) is 68.2 Å². The lowest BCUT2D eigenvalue weighted by Crippen LogP contribution is -2.40. The number of halogens is 1. The summed E-state index contributed by atoms with van der Waals surface area (Å²) in [6, 6.07) is 13.5. The van der Waals surface area contributed by atoms with Gasteiger partial charge in [-0.3, -0.25) is 9.69 Å². The molecule has 2 heterocycles. The number of fused-ring (bicyclic) bond motifs is 1. The third-order valence-electron chi connectivity index (χ3n) is 5.34. The molecule has 6 heteroatoms. The summed E-state index contributed by atoms with van der Waals surface area (Å²) in [6.45, 7) is 5.02. The predicted molar refractivity (Wildman–Crippen MR) is 112 cm³/mol. The first-order chi connectivity index (χ1) is 13.6. The Bertz CT molecular complexity index is 851. The largest absolute Gasteiger partial charge is 0.486 e. The first-order valence-electron chi connectivity index (χ1n) is 9.81. The molecule has 0 spiro atoms. The standard InChI is InChI=1S/C22H25BrN2O3/c1-15(16-7-8-19-20(14-16)28-12-11-27-19)24-22(26)21(25-9-2-3-10-25)17-5-4-6-18(23)13-17/h4-8,13-15,21H,2-3,9-12H2,1H3,(H,24,26). The van der Waals surface area contributed by atoms with E-state index in [1.807, 2.05) is 49.4 Å². The lowest BCUT2D eigenvalue weighted by Gasteiger charge is -2.29. The third-order valence-corrected chi connectivity index (χ3v) is 5.84. The molecular weight excluding hydrogens is 420 g/mol. The van der Waals surface area contributed by atoms with Crippen molar-refractivity contribution in [2.24, 2.45) is 0 Å². The van der Waals surface area contributed by atoms with Gasteiger partial charge in [0.1, 0.15) is 19.3 Å². The normalized spacial score (nSPS) is 18.5. The molecule has 0 bridgehead atoms. The number of ether oxygens (including phenoxy) is 2. The van der Waals surface area contributed by atoms with E-state index in [-0.39, 0.29) is 18.0 Å². The summed E-state index contributed by atoms with van der Waals surface area (Å²) in [5.74, 6) is 1.54. The molecule has 1 fully saturated rings. The predicted octanol–water partition coefficient (Wildman–Crippen LogP) is 4.23. The number of hydrogen-bond acceptors (Lipinski definition) is 4. The Morgan fingerprint density at radius 3 is 2.54 bits per heavy atom. The van der Waals surface area contributed by atoms with Gasteiger partial charge in [0.25, 0.3) is 0 Å². The number of rotatable bonds is 5. The van der Waals surface area contributed by atoms with Crippen LogP contribution in [0.3, 0.4) is 0 Å². The lowest BCUT2D eigenvalue weighted by atomic mass is 10.0. The number of nitrogens with zero attached hydrogens (tertiary/aromatic N) is 1. The lowest BCUT2D eigenvalue weighted by molar-refractivity contribution is -0.127. The van der Waals surface area contributed by atoms with Crippen molar-refractivity contribution in [2.45, 2.75) is 31.8 Å². The van der Waals surface area contributed by atoms with Crippen molar-refractivity contribution in [1.82, 2.24) is 10.2 Å². The van der Waals surface area contributed by atoms with E-state index in [2.05, 4.69) is 26.1 Å². The SMILES string of the molecule is CC(NC(=O)C(c1cccc(Br)c1)N1CCCC1)c1ccc2c(c1)OCCO2. The number of nitrogens with one attached hydrogen (secondary N) is 1. The molecule has 1 N–H and O–H groups in total. The highest BCUT2D eigenvalue weighted by Crippen LogP contribution is 2.33. The van der Waals surface area contributed by atoms with Crippen LogP contribution in [0.5, 0.6) is 11.5 Å². The molecule has 5 nitrogen and oxygen atoms in total. The maximum absolute atomic E-state index is 13.3. The van der Waals surface area contributed by atoms with Gasteiger partial charge < -0.3 is 14.8 Å². The Kier molecular flexibility index (Phi) is 5.87. The maximum atomic E-state index is 13.3. The first-order valence-corrected chi connectivity index (χ1v) is 10.6. The fourth-order valence-corrected chi connectivity index (χ4v) is 4.33. The van der Waals surface area contributed by atoms with Gasteiger partial charge in [0.2, 0.25) is 5.91 Å². The molecule has 2 unspecified atom stereocenters. The summed E-state index contributed by atoms with van der Waals surface area (Å²) in [6.07, 6.45) is 2.27. The summed E-state index contributed by atoms with van der Waals surface area (Å²) >= 11 is 3.53. The van der Waals surface area contributed by atoms with Gasteiger partial charge in [0.05, 0.1) is 6.04 Å². The molecule has 28 heavy (non-hydrogen) atoms. The maximum Gasteiger partial charge on any atom is 0.242 e. The molecule has 4 rings (SSSR count). The fourth-order valence-electron chi connectivity index (χ4n) is 3.91. The summed E-state index contributed by atoms with van der Waals surface area (Å²) in [5, 5.41) is 3.21. The highest BCUT2D eigenvalue weighted by Gasteiger charge is 2.30. The molecule has 1 saturated heterocycles. The van der Waals surface area contributed by atoms with Gasteiger partial charge in [-0.15, -0.1) is 0 Å². The van der Waals surface area contributed by atoms with Gasteiger partial charge in [0.15, 0.2) is 11.5 Å². The zero-order valence-corrected chi connectivity index (χ0v) is 17.6. The van der Waals surface area contributed by atoms with Crippen LogP contribution in [0.25, 0.3) is 0 Å². The molecule has 0 aliphatic carbocycles. The topological polar surface area (TPSA) is 50.8 Å². The molecule has 1 amide bonds. The van der Waals surface area contributed by atoms with Crippen LogP contribution >= 0.6 is 15.9 Å². The molecule has 2 aromatic rings. The summed E-state index contributed by atoms with van der Waals surface area (Å²) in [7, 11) is 0. The molecular formula is C22H25BrN2O3. The van der Waals surface area contributed by atoms with E-state index >= 15 is 0 Å². The van der Waals surface area contributed by atoms with Gasteiger partial charge in [-0.2, -0.15) is 0 Å². The van der Waals surface area contributed by atoms with Crippen LogP contribution in [0.1, 0.15) is 43.0 Å². The Balaban J connectivity index is 1.53. The molecule has 2 aliphatic rings. The summed E-state index contributed by atoms with van der Waals surface area (Å²) < 4.78 is 12.3. The number of benzene rings is 2. The summed E-state index contributed by atoms with van der Waals surface area (Å²) in [4.78, 5) is 15.6. The van der Waals surface area contributed by atoms with Crippen molar-refractivity contribution in [1.29, 1.82) is 0 Å². The average molecular weight is 445 g/mol. The molecule has 0 radical (unpaired) electrons. The third kappa shape index (κ3) is 4.18. The Morgan fingerprint density at radius 1 is 1.04 bits per heavy atom. The number of carbonyl (C=O) groups excluding carboxylic acids is 1. The van der Waals surface area contributed by atoms with Crippen LogP contribution in [0.2, 0.25) is 0 Å². The Labute approximate surface area is 174 Å². The van der Waals surface area contributed by atoms with Gasteiger partial charge in [0, 0.05) is 4.47 Å². The molecule has 0 aromatic heterocycles. The number of hydrogen-bond donors (Lipinski definition) is 1. The van der Waals surface area contributed by atoms with Gasteiger partial charge in [-0.1, -0.05) is 34.1 Å². The second kappa shape index (κ2) is 8.53. The average Bonchev–Trinajstić information content (AvgIpc) is 3.22. The van der Waals surface area contributed by atoms with E-state index in [0.717, 1.165) is 53.0 Å². The second-order valence-corrected chi connectivity index (χ2v) is 8.25. The minimum Gasteiger partial charge on any atom is -0.486 e. The Hall–Kier alpha value is -2.05. The van der Waals surface area contributed by atoms with Crippen LogP contribution in [0.15, 0.2) is 46.9 Å². The monoisotopic (exact) mass is 444 g/mol. The van der Waals surface area contributed by atoms with Crippen LogP contribution in [0, 0.1) is 0 Å². The van der Waals surface area contributed by atoms with E-state index in [0.29, 0.717) is 13.2 Å². The summed E-state index contributed by atoms with van der Waals surface area (Å²) in [5.41, 5.74) is 2.02. The molecule has 2 aliphatic heterocycles. The quantitative estimate of drug-likeness (QED) is 0.749. The van der Waals surface area contributed by atoms with Crippen molar-refractivity contribution < 1.29 is 14.3 Å². The molecule has 148 valence electrons. The van der Waals surface area contributed by atoms with E-state index in [1.165, 1.54) is 0 Å². The fraction of sp³-hybridized carbons (Fsp3) is 0.409.